The summed E-state index contributed by atoms with van der Waals surface area (Å²) in [6.45, 7) is 10.1. The van der Waals surface area contributed by atoms with Crippen LogP contribution in [0, 0.1) is 0 Å². The molecule has 1 unspecified atom stereocenters. The molecule has 1 aromatic rings. The molecule has 0 spiro atoms. The minimum atomic E-state index is 0.146. The molecular weight excluding hydrogens is 278 g/mol. The maximum Gasteiger partial charge on any atom is 0.0721 e. The molecule has 2 nitrogen and oxygen atoms in total. The van der Waals surface area contributed by atoms with Crippen LogP contribution in [0.2, 0.25) is 0 Å². The van der Waals surface area contributed by atoms with E-state index in [9.17, 15) is 0 Å². The van der Waals surface area contributed by atoms with Gasteiger partial charge in [-0.2, -0.15) is 0 Å². The van der Waals surface area contributed by atoms with Crippen molar-refractivity contribution in [1.82, 2.24) is 5.32 Å². The van der Waals surface area contributed by atoms with E-state index in [4.69, 9.17) is 4.74 Å². The number of hydrogen-bond donors (Lipinski definition) is 1. The van der Waals surface area contributed by atoms with E-state index in [-0.39, 0.29) is 11.6 Å². The zero-order valence-corrected chi connectivity index (χ0v) is 12.7. The van der Waals surface area contributed by atoms with E-state index in [1.807, 2.05) is 12.1 Å². The van der Waals surface area contributed by atoms with Gasteiger partial charge in [-0.1, -0.05) is 28.1 Å². The quantitative estimate of drug-likeness (QED) is 0.894. The van der Waals surface area contributed by atoms with Crippen LogP contribution >= 0.6 is 15.9 Å². The Balaban J connectivity index is 2.31. The van der Waals surface area contributed by atoms with Gasteiger partial charge in [-0.25, -0.2) is 0 Å². The SMILES string of the molecule is CC(CNC(C)(C)C)OCc1cccc(Br)c1. The highest BCUT2D eigenvalue weighted by Crippen LogP contribution is 2.13. The highest BCUT2D eigenvalue weighted by Gasteiger charge is 2.11. The summed E-state index contributed by atoms with van der Waals surface area (Å²) in [7, 11) is 0. The van der Waals surface area contributed by atoms with Gasteiger partial charge >= 0.3 is 0 Å². The number of nitrogens with one attached hydrogen (secondary N) is 1. The zero-order chi connectivity index (χ0) is 12.9. The summed E-state index contributed by atoms with van der Waals surface area (Å²) in [5.41, 5.74) is 1.34. The van der Waals surface area contributed by atoms with E-state index in [1.54, 1.807) is 0 Å². The molecule has 1 aromatic carbocycles. The highest BCUT2D eigenvalue weighted by atomic mass is 79.9. The molecule has 0 aliphatic heterocycles. The van der Waals surface area contributed by atoms with E-state index in [1.165, 1.54) is 5.56 Å². The topological polar surface area (TPSA) is 21.3 Å². The Morgan fingerprint density at radius 3 is 2.65 bits per heavy atom. The van der Waals surface area contributed by atoms with Crippen molar-refractivity contribution in [1.29, 1.82) is 0 Å². The average Bonchev–Trinajstić information content (AvgIpc) is 2.23. The van der Waals surface area contributed by atoms with Crippen LogP contribution in [0.25, 0.3) is 0 Å². The molecule has 1 N–H and O–H groups in total. The van der Waals surface area contributed by atoms with Gasteiger partial charge in [0.2, 0.25) is 0 Å². The molecule has 0 aliphatic rings. The molecule has 0 saturated carbocycles. The van der Waals surface area contributed by atoms with E-state index in [0.717, 1.165) is 11.0 Å². The first-order valence-electron chi connectivity index (χ1n) is 5.98. The first-order valence-corrected chi connectivity index (χ1v) is 6.77. The van der Waals surface area contributed by atoms with Gasteiger partial charge < -0.3 is 10.1 Å². The first kappa shape index (κ1) is 14.7. The summed E-state index contributed by atoms with van der Waals surface area (Å²) in [5.74, 6) is 0. The Kier molecular flexibility index (Phi) is 5.63. The van der Waals surface area contributed by atoms with Crippen molar-refractivity contribution >= 4 is 15.9 Å². The molecule has 0 amide bonds. The fourth-order valence-electron chi connectivity index (χ4n) is 1.37. The van der Waals surface area contributed by atoms with Crippen molar-refractivity contribution in [3.63, 3.8) is 0 Å². The number of rotatable bonds is 5. The van der Waals surface area contributed by atoms with Crippen LogP contribution in [0.4, 0.5) is 0 Å². The normalized spacial score (nSPS) is 13.7. The smallest absolute Gasteiger partial charge is 0.0721 e. The van der Waals surface area contributed by atoms with Crippen molar-refractivity contribution in [3.8, 4) is 0 Å². The summed E-state index contributed by atoms with van der Waals surface area (Å²) in [6, 6.07) is 8.22. The number of ether oxygens (including phenoxy) is 1. The molecule has 0 saturated heterocycles. The number of halogens is 1. The van der Waals surface area contributed by atoms with Crippen molar-refractivity contribution < 1.29 is 4.74 Å². The van der Waals surface area contributed by atoms with E-state index >= 15 is 0 Å². The maximum atomic E-state index is 5.80. The van der Waals surface area contributed by atoms with Crippen molar-refractivity contribution in [2.45, 2.75) is 45.9 Å². The predicted octanol–water partition coefficient (Wildman–Crippen LogP) is 3.74. The van der Waals surface area contributed by atoms with E-state index < -0.39 is 0 Å². The fourth-order valence-corrected chi connectivity index (χ4v) is 1.82. The highest BCUT2D eigenvalue weighted by molar-refractivity contribution is 9.10. The van der Waals surface area contributed by atoms with Crippen LogP contribution in [0.3, 0.4) is 0 Å². The number of hydrogen-bond acceptors (Lipinski definition) is 2. The second kappa shape index (κ2) is 6.53. The van der Waals surface area contributed by atoms with Gasteiger partial charge in [-0.15, -0.1) is 0 Å². The predicted molar refractivity (Wildman–Crippen MR) is 76.1 cm³/mol. The Labute approximate surface area is 113 Å². The number of benzene rings is 1. The molecule has 0 bridgehead atoms. The Hall–Kier alpha value is -0.380. The third kappa shape index (κ3) is 6.81. The van der Waals surface area contributed by atoms with Gasteiger partial charge in [0.05, 0.1) is 12.7 Å². The second-order valence-electron chi connectivity index (χ2n) is 5.38. The van der Waals surface area contributed by atoms with Crippen LogP contribution in [-0.4, -0.2) is 18.2 Å². The Morgan fingerprint density at radius 1 is 1.35 bits per heavy atom. The van der Waals surface area contributed by atoms with Crippen LogP contribution in [0.5, 0.6) is 0 Å². The van der Waals surface area contributed by atoms with Gasteiger partial charge in [0.1, 0.15) is 0 Å². The molecular formula is C14H22BrNO. The van der Waals surface area contributed by atoms with Gasteiger partial charge in [0.15, 0.2) is 0 Å². The van der Waals surface area contributed by atoms with E-state index in [2.05, 4.69) is 61.1 Å². The summed E-state index contributed by atoms with van der Waals surface area (Å²) >= 11 is 3.46. The van der Waals surface area contributed by atoms with Crippen molar-refractivity contribution in [2.75, 3.05) is 6.54 Å². The van der Waals surface area contributed by atoms with Gasteiger partial charge in [-0.05, 0) is 45.4 Å². The molecule has 0 heterocycles. The van der Waals surface area contributed by atoms with Crippen LogP contribution < -0.4 is 5.32 Å². The minimum absolute atomic E-state index is 0.146. The molecule has 3 heteroatoms. The lowest BCUT2D eigenvalue weighted by molar-refractivity contribution is 0.0491. The molecule has 0 aromatic heterocycles. The molecule has 0 aliphatic carbocycles. The van der Waals surface area contributed by atoms with E-state index in [0.29, 0.717) is 6.61 Å². The molecule has 17 heavy (non-hydrogen) atoms. The van der Waals surface area contributed by atoms with Gasteiger partial charge in [-0.3, -0.25) is 0 Å². The zero-order valence-electron chi connectivity index (χ0n) is 11.1. The second-order valence-corrected chi connectivity index (χ2v) is 6.30. The Bertz CT molecular complexity index is 346. The minimum Gasteiger partial charge on any atom is -0.373 e. The summed E-state index contributed by atoms with van der Waals surface area (Å²) < 4.78 is 6.89. The monoisotopic (exact) mass is 299 g/mol. The summed E-state index contributed by atoms with van der Waals surface area (Å²) in [4.78, 5) is 0. The van der Waals surface area contributed by atoms with Crippen molar-refractivity contribution in [2.24, 2.45) is 0 Å². The molecule has 0 radical (unpaired) electrons. The van der Waals surface area contributed by atoms with Gasteiger partial charge in [0.25, 0.3) is 0 Å². The fraction of sp³-hybridized carbons (Fsp3) is 0.571. The maximum absolute atomic E-state index is 5.80. The lowest BCUT2D eigenvalue weighted by atomic mass is 10.1. The molecule has 1 atom stereocenters. The van der Waals surface area contributed by atoms with Crippen LogP contribution in [0.15, 0.2) is 28.7 Å². The van der Waals surface area contributed by atoms with Crippen LogP contribution in [0.1, 0.15) is 33.3 Å². The summed E-state index contributed by atoms with van der Waals surface area (Å²) in [6.07, 6.45) is 0.216. The lowest BCUT2D eigenvalue weighted by Gasteiger charge is -2.23. The standard InChI is InChI=1S/C14H22BrNO/c1-11(9-16-14(2,3)4)17-10-12-6-5-7-13(15)8-12/h5-8,11,16H,9-10H2,1-4H3. The third-order valence-electron chi connectivity index (χ3n) is 2.34. The molecule has 1 rings (SSSR count). The summed E-state index contributed by atoms with van der Waals surface area (Å²) in [5, 5.41) is 3.44. The molecule has 0 fully saturated rings. The first-order chi connectivity index (χ1) is 7.87. The van der Waals surface area contributed by atoms with Gasteiger partial charge in [0, 0.05) is 16.6 Å². The third-order valence-corrected chi connectivity index (χ3v) is 2.84. The van der Waals surface area contributed by atoms with Crippen LogP contribution in [-0.2, 0) is 11.3 Å². The lowest BCUT2D eigenvalue weighted by Crippen LogP contribution is -2.40. The molecule has 96 valence electrons. The Morgan fingerprint density at radius 2 is 2.06 bits per heavy atom. The largest absolute Gasteiger partial charge is 0.373 e. The average molecular weight is 300 g/mol. The van der Waals surface area contributed by atoms with Crippen molar-refractivity contribution in [3.05, 3.63) is 34.3 Å².